The van der Waals surface area contributed by atoms with E-state index in [9.17, 15) is 4.79 Å². The van der Waals surface area contributed by atoms with Crippen molar-refractivity contribution < 1.29 is 14.3 Å². The van der Waals surface area contributed by atoms with Crippen LogP contribution in [0.3, 0.4) is 0 Å². The van der Waals surface area contributed by atoms with Gasteiger partial charge >= 0.3 is 0 Å². The molecule has 2 aromatic rings. The minimum atomic E-state index is 0.118. The number of nitrogens with zero attached hydrogens (tertiary/aromatic N) is 3. The van der Waals surface area contributed by atoms with Crippen molar-refractivity contribution in [2.45, 2.75) is 44.6 Å². The number of piperidine rings is 1. The number of hydrogen-bond acceptors (Lipinski definition) is 4. The van der Waals surface area contributed by atoms with E-state index in [-0.39, 0.29) is 12.7 Å². The Hall–Kier alpha value is -2.50. The SMILES string of the molecule is Cn1ncc(C(=O)N2CCCC3CCCCC32)c1-c1ccc2c(c1)OCO2. The minimum Gasteiger partial charge on any atom is -0.454 e. The van der Waals surface area contributed by atoms with Gasteiger partial charge in [0.15, 0.2) is 11.5 Å². The van der Waals surface area contributed by atoms with Crippen LogP contribution in [0.15, 0.2) is 24.4 Å². The molecule has 0 N–H and O–H groups in total. The Morgan fingerprint density at radius 2 is 1.93 bits per heavy atom. The minimum absolute atomic E-state index is 0.118. The predicted molar refractivity (Wildman–Crippen MR) is 101 cm³/mol. The summed E-state index contributed by atoms with van der Waals surface area (Å²) in [5.74, 6) is 2.25. The maximum atomic E-state index is 13.5. The van der Waals surface area contributed by atoms with Gasteiger partial charge in [-0.3, -0.25) is 9.48 Å². The molecule has 6 heteroatoms. The number of carbonyl (C=O) groups excluding carboxylic acids is 1. The van der Waals surface area contributed by atoms with Crippen LogP contribution in [-0.4, -0.2) is 40.0 Å². The maximum Gasteiger partial charge on any atom is 0.257 e. The van der Waals surface area contributed by atoms with Crippen LogP contribution in [0.1, 0.15) is 48.9 Å². The number of carbonyl (C=O) groups is 1. The Morgan fingerprint density at radius 3 is 2.85 bits per heavy atom. The number of aryl methyl sites for hydroxylation is 1. The number of rotatable bonds is 2. The van der Waals surface area contributed by atoms with E-state index in [1.54, 1.807) is 10.9 Å². The van der Waals surface area contributed by atoms with E-state index in [0.717, 1.165) is 42.1 Å². The number of fused-ring (bicyclic) bond motifs is 2. The summed E-state index contributed by atoms with van der Waals surface area (Å²) >= 11 is 0. The normalized spacial score (nSPS) is 24.0. The van der Waals surface area contributed by atoms with E-state index in [4.69, 9.17) is 9.47 Å². The zero-order chi connectivity index (χ0) is 18.4. The van der Waals surface area contributed by atoms with E-state index in [1.807, 2.05) is 25.2 Å². The monoisotopic (exact) mass is 367 g/mol. The molecule has 1 saturated heterocycles. The molecule has 2 atom stereocenters. The molecule has 1 saturated carbocycles. The maximum absolute atomic E-state index is 13.5. The molecule has 2 aliphatic heterocycles. The van der Waals surface area contributed by atoms with Gasteiger partial charge in [-0.25, -0.2) is 0 Å². The number of ether oxygens (including phenoxy) is 2. The van der Waals surface area contributed by atoms with Crippen LogP contribution in [0, 0.1) is 5.92 Å². The molecule has 1 aromatic carbocycles. The smallest absolute Gasteiger partial charge is 0.257 e. The second-order valence-corrected chi connectivity index (χ2v) is 7.85. The van der Waals surface area contributed by atoms with Gasteiger partial charge in [0.25, 0.3) is 5.91 Å². The van der Waals surface area contributed by atoms with Gasteiger partial charge in [-0.2, -0.15) is 5.10 Å². The van der Waals surface area contributed by atoms with Crippen molar-refractivity contribution in [2.24, 2.45) is 13.0 Å². The van der Waals surface area contributed by atoms with Crippen molar-refractivity contribution in [1.82, 2.24) is 14.7 Å². The Morgan fingerprint density at radius 1 is 1.11 bits per heavy atom. The van der Waals surface area contributed by atoms with Crippen molar-refractivity contribution >= 4 is 5.91 Å². The Labute approximate surface area is 159 Å². The van der Waals surface area contributed by atoms with Crippen molar-refractivity contribution in [3.63, 3.8) is 0 Å². The summed E-state index contributed by atoms with van der Waals surface area (Å²) in [4.78, 5) is 15.6. The summed E-state index contributed by atoms with van der Waals surface area (Å²) < 4.78 is 12.7. The van der Waals surface area contributed by atoms with E-state index >= 15 is 0 Å². The lowest BCUT2D eigenvalue weighted by molar-refractivity contribution is 0.0391. The van der Waals surface area contributed by atoms with Crippen molar-refractivity contribution in [2.75, 3.05) is 13.3 Å². The average Bonchev–Trinajstić information content (AvgIpc) is 3.32. The first kappa shape index (κ1) is 16.7. The van der Waals surface area contributed by atoms with Gasteiger partial charge in [-0.15, -0.1) is 0 Å². The van der Waals surface area contributed by atoms with Gasteiger partial charge in [0.1, 0.15) is 0 Å². The van der Waals surface area contributed by atoms with Crippen LogP contribution in [0.5, 0.6) is 11.5 Å². The molecular weight excluding hydrogens is 342 g/mol. The number of aromatic nitrogens is 2. The zero-order valence-electron chi connectivity index (χ0n) is 15.7. The topological polar surface area (TPSA) is 56.6 Å². The fourth-order valence-electron chi connectivity index (χ4n) is 5.01. The third kappa shape index (κ3) is 2.78. The van der Waals surface area contributed by atoms with Crippen LogP contribution < -0.4 is 9.47 Å². The highest BCUT2D eigenvalue weighted by Crippen LogP contribution is 2.39. The molecule has 0 radical (unpaired) electrons. The molecule has 0 spiro atoms. The van der Waals surface area contributed by atoms with Crippen molar-refractivity contribution in [3.8, 4) is 22.8 Å². The molecule has 2 fully saturated rings. The first-order valence-corrected chi connectivity index (χ1v) is 9.95. The molecule has 1 aliphatic carbocycles. The lowest BCUT2D eigenvalue weighted by Gasteiger charge is -2.44. The van der Waals surface area contributed by atoms with Crippen molar-refractivity contribution in [3.05, 3.63) is 30.0 Å². The average molecular weight is 367 g/mol. The van der Waals surface area contributed by atoms with Crippen LogP contribution in [0.25, 0.3) is 11.3 Å². The van der Waals surface area contributed by atoms with Gasteiger partial charge in [0, 0.05) is 25.2 Å². The third-order valence-corrected chi connectivity index (χ3v) is 6.32. The molecule has 27 heavy (non-hydrogen) atoms. The lowest BCUT2D eigenvalue weighted by atomic mass is 9.78. The molecule has 3 heterocycles. The first-order chi connectivity index (χ1) is 13.2. The van der Waals surface area contributed by atoms with Gasteiger partial charge in [0.2, 0.25) is 6.79 Å². The Bertz CT molecular complexity index is 874. The standard InChI is InChI=1S/C21H25N3O3/c1-23-20(15-8-9-18-19(11-15)27-13-26-18)16(12-22-23)21(25)24-10-4-6-14-5-2-3-7-17(14)24/h8-9,11-12,14,17H,2-7,10,13H2,1H3. The molecule has 0 bridgehead atoms. The summed E-state index contributed by atoms with van der Waals surface area (Å²) in [5.41, 5.74) is 2.46. The summed E-state index contributed by atoms with van der Waals surface area (Å²) in [6.07, 6.45) is 9.01. The van der Waals surface area contributed by atoms with E-state index in [1.165, 1.54) is 25.7 Å². The van der Waals surface area contributed by atoms with E-state index < -0.39 is 0 Å². The number of benzene rings is 1. The highest BCUT2D eigenvalue weighted by molar-refractivity contribution is 6.00. The summed E-state index contributed by atoms with van der Waals surface area (Å²) in [7, 11) is 1.89. The zero-order valence-corrected chi connectivity index (χ0v) is 15.7. The molecular formula is C21H25N3O3. The third-order valence-electron chi connectivity index (χ3n) is 6.32. The molecule has 1 amide bonds. The Balaban J connectivity index is 1.50. The number of amides is 1. The Kier molecular flexibility index (Phi) is 4.06. The summed E-state index contributed by atoms with van der Waals surface area (Å²) in [6, 6.07) is 6.21. The number of likely N-dealkylation sites (tertiary alicyclic amines) is 1. The highest BCUT2D eigenvalue weighted by atomic mass is 16.7. The van der Waals surface area contributed by atoms with Crippen LogP contribution in [0.4, 0.5) is 0 Å². The summed E-state index contributed by atoms with van der Waals surface area (Å²) in [5, 5.41) is 4.40. The van der Waals surface area contributed by atoms with Crippen LogP contribution >= 0.6 is 0 Å². The quantitative estimate of drug-likeness (QED) is 0.814. The second-order valence-electron chi connectivity index (χ2n) is 7.85. The number of hydrogen-bond donors (Lipinski definition) is 0. The first-order valence-electron chi connectivity index (χ1n) is 9.95. The van der Waals surface area contributed by atoms with E-state index in [2.05, 4.69) is 10.00 Å². The molecule has 2 unspecified atom stereocenters. The fraction of sp³-hybridized carbons (Fsp3) is 0.524. The van der Waals surface area contributed by atoms with Gasteiger partial charge < -0.3 is 14.4 Å². The lowest BCUT2D eigenvalue weighted by Crippen LogP contribution is -2.49. The van der Waals surface area contributed by atoms with Gasteiger partial charge in [0.05, 0.1) is 17.5 Å². The van der Waals surface area contributed by atoms with Crippen molar-refractivity contribution in [1.29, 1.82) is 0 Å². The van der Waals surface area contributed by atoms with Gasteiger partial charge in [-0.05, 0) is 49.8 Å². The van der Waals surface area contributed by atoms with E-state index in [0.29, 0.717) is 17.5 Å². The molecule has 6 nitrogen and oxygen atoms in total. The van der Waals surface area contributed by atoms with Crippen LogP contribution in [-0.2, 0) is 7.05 Å². The van der Waals surface area contributed by atoms with Crippen LogP contribution in [0.2, 0.25) is 0 Å². The predicted octanol–water partition coefficient (Wildman–Crippen LogP) is 3.61. The largest absolute Gasteiger partial charge is 0.454 e. The molecule has 1 aromatic heterocycles. The fourth-order valence-corrected chi connectivity index (χ4v) is 5.01. The second kappa shape index (κ2) is 6.59. The molecule has 5 rings (SSSR count). The summed E-state index contributed by atoms with van der Waals surface area (Å²) in [6.45, 7) is 1.10. The molecule has 3 aliphatic rings. The van der Waals surface area contributed by atoms with Gasteiger partial charge in [-0.1, -0.05) is 12.8 Å². The highest BCUT2D eigenvalue weighted by Gasteiger charge is 2.37. The molecule has 142 valence electrons.